The first kappa shape index (κ1) is 13.9. The Morgan fingerprint density at radius 1 is 1.20 bits per heavy atom. The molecule has 2 N–H and O–H groups in total. The second kappa shape index (κ2) is 5.61. The molecule has 0 saturated heterocycles. The molecule has 2 rings (SSSR count). The average Bonchev–Trinajstić information content (AvgIpc) is 2.40. The van der Waals surface area contributed by atoms with E-state index in [-0.39, 0.29) is 29.4 Å². The van der Waals surface area contributed by atoms with Crippen molar-refractivity contribution in [2.45, 2.75) is 6.92 Å². The summed E-state index contributed by atoms with van der Waals surface area (Å²) in [5, 5.41) is 18.7. The Labute approximate surface area is 115 Å². The lowest BCUT2D eigenvalue weighted by Crippen LogP contribution is -2.11. The zero-order valence-electron chi connectivity index (χ0n) is 10.8. The molecule has 4 nitrogen and oxygen atoms in total. The number of carbonyl (C=O) groups excluding carboxylic acids is 1. The fourth-order valence-electron chi connectivity index (χ4n) is 1.65. The van der Waals surface area contributed by atoms with E-state index >= 15 is 0 Å². The van der Waals surface area contributed by atoms with Gasteiger partial charge < -0.3 is 14.9 Å². The predicted molar refractivity (Wildman–Crippen MR) is 70.7 cm³/mol. The standard InChI is InChI=1S/C15H13FO4/c1-9-2-4-11(7-13(9)16)20-8-15(19)12-5-3-10(17)6-14(12)18/h2-7,17-18H,8H2,1H3. The van der Waals surface area contributed by atoms with Gasteiger partial charge in [-0.2, -0.15) is 0 Å². The van der Waals surface area contributed by atoms with Gasteiger partial charge in [-0.3, -0.25) is 4.79 Å². The molecule has 0 saturated carbocycles. The molecular weight excluding hydrogens is 263 g/mol. The van der Waals surface area contributed by atoms with Crippen molar-refractivity contribution in [3.8, 4) is 17.2 Å². The Morgan fingerprint density at radius 3 is 2.60 bits per heavy atom. The van der Waals surface area contributed by atoms with Crippen molar-refractivity contribution in [1.29, 1.82) is 0 Å². The average molecular weight is 276 g/mol. The van der Waals surface area contributed by atoms with Crippen LogP contribution in [0.5, 0.6) is 17.2 Å². The quantitative estimate of drug-likeness (QED) is 0.843. The van der Waals surface area contributed by atoms with Gasteiger partial charge in [0.15, 0.2) is 6.61 Å². The minimum Gasteiger partial charge on any atom is -0.508 e. The molecule has 0 aliphatic heterocycles. The number of ether oxygens (including phenoxy) is 1. The number of rotatable bonds is 4. The van der Waals surface area contributed by atoms with Gasteiger partial charge in [0.2, 0.25) is 5.78 Å². The summed E-state index contributed by atoms with van der Waals surface area (Å²) >= 11 is 0. The van der Waals surface area contributed by atoms with Crippen LogP contribution >= 0.6 is 0 Å². The van der Waals surface area contributed by atoms with Crippen molar-refractivity contribution in [2.24, 2.45) is 0 Å². The topological polar surface area (TPSA) is 66.8 Å². The smallest absolute Gasteiger partial charge is 0.203 e. The monoisotopic (exact) mass is 276 g/mol. The highest BCUT2D eigenvalue weighted by Crippen LogP contribution is 2.23. The Morgan fingerprint density at radius 2 is 1.95 bits per heavy atom. The number of hydrogen-bond donors (Lipinski definition) is 2. The fraction of sp³-hybridized carbons (Fsp3) is 0.133. The molecule has 0 amide bonds. The van der Waals surface area contributed by atoms with Crippen LogP contribution in [0.2, 0.25) is 0 Å². The minimum absolute atomic E-state index is 0.0374. The van der Waals surface area contributed by atoms with Gasteiger partial charge in [-0.25, -0.2) is 4.39 Å². The Bertz CT molecular complexity index is 652. The largest absolute Gasteiger partial charge is 0.508 e. The summed E-state index contributed by atoms with van der Waals surface area (Å²) in [5.41, 5.74) is 0.523. The van der Waals surface area contributed by atoms with Gasteiger partial charge in [0, 0.05) is 12.1 Å². The van der Waals surface area contributed by atoms with Gasteiger partial charge in [0.25, 0.3) is 0 Å². The van der Waals surface area contributed by atoms with E-state index in [0.717, 1.165) is 6.07 Å². The normalized spacial score (nSPS) is 10.3. The summed E-state index contributed by atoms with van der Waals surface area (Å²) in [6.45, 7) is 1.29. The van der Waals surface area contributed by atoms with Crippen LogP contribution < -0.4 is 4.74 Å². The van der Waals surface area contributed by atoms with Crippen LogP contribution in [0.4, 0.5) is 4.39 Å². The van der Waals surface area contributed by atoms with Gasteiger partial charge >= 0.3 is 0 Å². The molecule has 104 valence electrons. The van der Waals surface area contributed by atoms with Crippen LogP contribution in [0.3, 0.4) is 0 Å². The number of hydrogen-bond acceptors (Lipinski definition) is 4. The maximum atomic E-state index is 13.3. The van der Waals surface area contributed by atoms with Gasteiger partial charge in [-0.1, -0.05) is 6.07 Å². The van der Waals surface area contributed by atoms with Crippen LogP contribution in [0.15, 0.2) is 36.4 Å². The molecule has 5 heteroatoms. The third-order valence-electron chi connectivity index (χ3n) is 2.79. The maximum Gasteiger partial charge on any atom is 0.203 e. The highest BCUT2D eigenvalue weighted by atomic mass is 19.1. The van der Waals surface area contributed by atoms with Crippen LogP contribution in [0.25, 0.3) is 0 Å². The first-order valence-corrected chi connectivity index (χ1v) is 5.91. The molecule has 0 spiro atoms. The number of Topliss-reactive ketones (excluding diaryl/α,β-unsaturated/α-hetero) is 1. The Kier molecular flexibility index (Phi) is 3.89. The molecule has 0 atom stereocenters. The first-order valence-electron chi connectivity index (χ1n) is 5.91. The molecule has 0 bridgehead atoms. The SMILES string of the molecule is Cc1ccc(OCC(=O)c2ccc(O)cc2O)cc1F. The molecule has 0 radical (unpaired) electrons. The van der Waals surface area contributed by atoms with Crippen molar-refractivity contribution in [1.82, 2.24) is 0 Å². The molecule has 2 aromatic rings. The second-order valence-corrected chi connectivity index (χ2v) is 4.32. The number of phenolic OH excluding ortho intramolecular Hbond substituents is 2. The van der Waals surface area contributed by atoms with Gasteiger partial charge in [-0.05, 0) is 30.7 Å². The van der Waals surface area contributed by atoms with Crippen LogP contribution in [0.1, 0.15) is 15.9 Å². The number of carbonyl (C=O) groups is 1. The first-order chi connectivity index (χ1) is 9.47. The van der Waals surface area contributed by atoms with Crippen molar-refractivity contribution in [3.63, 3.8) is 0 Å². The molecule has 0 aliphatic rings. The second-order valence-electron chi connectivity index (χ2n) is 4.32. The summed E-state index contributed by atoms with van der Waals surface area (Å²) in [6.07, 6.45) is 0. The summed E-state index contributed by atoms with van der Waals surface area (Å²) in [4.78, 5) is 11.8. The zero-order valence-corrected chi connectivity index (χ0v) is 10.8. The molecular formula is C15H13FO4. The van der Waals surface area contributed by atoms with Gasteiger partial charge in [0.05, 0.1) is 5.56 Å². The zero-order chi connectivity index (χ0) is 14.7. The number of aryl methyl sites for hydroxylation is 1. The number of aromatic hydroxyl groups is 2. The van der Waals surface area contributed by atoms with Gasteiger partial charge in [0.1, 0.15) is 23.1 Å². The minimum atomic E-state index is -0.469. The molecule has 0 aliphatic carbocycles. The van der Waals surface area contributed by atoms with E-state index in [2.05, 4.69) is 0 Å². The summed E-state index contributed by atoms with van der Waals surface area (Å²) in [7, 11) is 0. The van der Waals surface area contributed by atoms with Crippen molar-refractivity contribution >= 4 is 5.78 Å². The highest BCUT2D eigenvalue weighted by Gasteiger charge is 2.12. The Balaban J connectivity index is 2.06. The molecule has 0 aromatic heterocycles. The van der Waals surface area contributed by atoms with E-state index in [4.69, 9.17) is 9.84 Å². The van der Waals surface area contributed by atoms with Crippen LogP contribution in [-0.2, 0) is 0 Å². The van der Waals surface area contributed by atoms with E-state index in [1.807, 2.05) is 0 Å². The molecule has 0 heterocycles. The van der Waals surface area contributed by atoms with Crippen molar-refractivity contribution in [2.75, 3.05) is 6.61 Å². The predicted octanol–water partition coefficient (Wildman–Crippen LogP) is 2.81. The number of phenols is 2. The van der Waals surface area contributed by atoms with E-state index in [1.165, 1.54) is 18.2 Å². The molecule has 0 unspecified atom stereocenters. The molecule has 0 fully saturated rings. The number of ketones is 1. The molecule has 2 aromatic carbocycles. The lowest BCUT2D eigenvalue weighted by atomic mass is 10.1. The van der Waals surface area contributed by atoms with E-state index in [0.29, 0.717) is 5.56 Å². The lowest BCUT2D eigenvalue weighted by molar-refractivity contribution is 0.0918. The fourth-order valence-corrected chi connectivity index (χ4v) is 1.65. The summed E-state index contributed by atoms with van der Waals surface area (Å²) < 4.78 is 18.5. The number of halogens is 1. The van der Waals surface area contributed by atoms with E-state index < -0.39 is 11.6 Å². The van der Waals surface area contributed by atoms with E-state index in [1.54, 1.807) is 19.1 Å². The van der Waals surface area contributed by atoms with Gasteiger partial charge in [-0.15, -0.1) is 0 Å². The summed E-state index contributed by atoms with van der Waals surface area (Å²) in [6, 6.07) is 7.96. The highest BCUT2D eigenvalue weighted by molar-refractivity contribution is 5.99. The third kappa shape index (κ3) is 3.06. The number of benzene rings is 2. The lowest BCUT2D eigenvalue weighted by Gasteiger charge is -2.08. The third-order valence-corrected chi connectivity index (χ3v) is 2.79. The van der Waals surface area contributed by atoms with Crippen molar-refractivity contribution < 1.29 is 24.1 Å². The summed E-state index contributed by atoms with van der Waals surface area (Å²) in [5.74, 6) is -1.11. The van der Waals surface area contributed by atoms with Crippen LogP contribution in [0, 0.1) is 12.7 Å². The van der Waals surface area contributed by atoms with Crippen LogP contribution in [-0.4, -0.2) is 22.6 Å². The van der Waals surface area contributed by atoms with E-state index in [9.17, 15) is 14.3 Å². The van der Waals surface area contributed by atoms with Crippen molar-refractivity contribution in [3.05, 3.63) is 53.3 Å². The molecule has 20 heavy (non-hydrogen) atoms. The maximum absolute atomic E-state index is 13.3. The Hall–Kier alpha value is -2.56.